The maximum absolute atomic E-state index is 6.08. The van der Waals surface area contributed by atoms with Crippen LogP contribution in [0.2, 0.25) is 0 Å². The summed E-state index contributed by atoms with van der Waals surface area (Å²) in [6.45, 7) is 7.52. The van der Waals surface area contributed by atoms with Gasteiger partial charge in [-0.1, -0.05) is 37.1 Å². The van der Waals surface area contributed by atoms with Crippen LogP contribution in [-0.2, 0) is 0 Å². The number of fused-ring (bicyclic) bond motifs is 2. The molecule has 0 saturated heterocycles. The fourth-order valence-corrected chi connectivity index (χ4v) is 4.09. The molecule has 0 aromatic heterocycles. The van der Waals surface area contributed by atoms with E-state index in [0.29, 0.717) is 13.2 Å². The van der Waals surface area contributed by atoms with Gasteiger partial charge in [0.05, 0.1) is 0 Å². The number of halogens is 2. The second-order valence-corrected chi connectivity index (χ2v) is 8.73. The molecule has 0 radical (unpaired) electrons. The predicted molar refractivity (Wildman–Crippen MR) is 141 cm³/mol. The molecule has 190 valence electrons. The molecular formula is C26H38Cl2N2O4. The normalized spacial score (nSPS) is 19.8. The molecule has 4 unspecified atom stereocenters. The van der Waals surface area contributed by atoms with E-state index in [1.54, 1.807) is 0 Å². The summed E-state index contributed by atoms with van der Waals surface area (Å²) >= 11 is 0. The van der Waals surface area contributed by atoms with Crippen molar-refractivity contribution in [1.82, 2.24) is 10.6 Å². The van der Waals surface area contributed by atoms with Crippen LogP contribution in [0.15, 0.2) is 48.5 Å². The number of unbranched alkanes of at least 4 members (excludes halogenated alkanes) is 3. The van der Waals surface area contributed by atoms with E-state index in [1.165, 1.54) is 25.7 Å². The molecule has 2 N–H and O–H groups in total. The van der Waals surface area contributed by atoms with Gasteiger partial charge >= 0.3 is 0 Å². The number of para-hydroxylation sites is 4. The summed E-state index contributed by atoms with van der Waals surface area (Å²) in [5, 5.41) is 7.18. The molecule has 8 heteroatoms. The van der Waals surface area contributed by atoms with Gasteiger partial charge in [-0.2, -0.15) is 0 Å². The largest absolute Gasteiger partial charge is 0.486 e. The second-order valence-electron chi connectivity index (χ2n) is 8.73. The Morgan fingerprint density at radius 1 is 0.647 bits per heavy atom. The van der Waals surface area contributed by atoms with Crippen molar-refractivity contribution < 1.29 is 18.9 Å². The van der Waals surface area contributed by atoms with E-state index in [2.05, 4.69) is 24.5 Å². The Morgan fingerprint density at radius 3 is 1.44 bits per heavy atom. The lowest BCUT2D eigenvalue weighted by Crippen LogP contribution is -2.46. The molecule has 2 aliphatic heterocycles. The zero-order valence-corrected chi connectivity index (χ0v) is 21.7. The summed E-state index contributed by atoms with van der Waals surface area (Å²) < 4.78 is 23.8. The van der Waals surface area contributed by atoms with Crippen molar-refractivity contribution in [2.45, 2.75) is 63.8 Å². The smallest absolute Gasteiger partial charge is 0.161 e. The Morgan fingerprint density at radius 2 is 1.03 bits per heavy atom. The Labute approximate surface area is 215 Å². The number of benzene rings is 2. The van der Waals surface area contributed by atoms with Crippen LogP contribution < -0.4 is 29.6 Å². The molecule has 34 heavy (non-hydrogen) atoms. The summed E-state index contributed by atoms with van der Waals surface area (Å²) in [6, 6.07) is 16.3. The van der Waals surface area contributed by atoms with Crippen molar-refractivity contribution in [3.63, 3.8) is 0 Å². The number of hydrogen-bond acceptors (Lipinski definition) is 6. The molecule has 0 amide bonds. The molecule has 0 aliphatic carbocycles. The van der Waals surface area contributed by atoms with Crippen LogP contribution in [0, 0.1) is 0 Å². The average molecular weight is 514 g/mol. The van der Waals surface area contributed by atoms with Crippen molar-refractivity contribution in [3.8, 4) is 23.0 Å². The minimum absolute atomic E-state index is 0. The van der Waals surface area contributed by atoms with Gasteiger partial charge in [0.15, 0.2) is 23.0 Å². The van der Waals surface area contributed by atoms with E-state index < -0.39 is 0 Å². The minimum atomic E-state index is 0. The van der Waals surface area contributed by atoms with Gasteiger partial charge in [0, 0.05) is 12.1 Å². The monoisotopic (exact) mass is 512 g/mol. The van der Waals surface area contributed by atoms with E-state index in [1.807, 2.05) is 48.5 Å². The SMILES string of the molecule is CC(NCCCCCCNC(C)C1COc2ccccc2O1)C1COc2ccccc2O1.Cl.Cl. The zero-order valence-electron chi connectivity index (χ0n) is 20.0. The maximum Gasteiger partial charge on any atom is 0.161 e. The van der Waals surface area contributed by atoms with Crippen LogP contribution in [0.4, 0.5) is 0 Å². The number of rotatable bonds is 11. The molecule has 4 atom stereocenters. The van der Waals surface area contributed by atoms with Gasteiger partial charge in [-0.15, -0.1) is 24.8 Å². The Bertz CT molecular complexity index is 788. The summed E-state index contributed by atoms with van der Waals surface area (Å²) in [5.41, 5.74) is 0. The number of hydrogen-bond donors (Lipinski definition) is 2. The maximum atomic E-state index is 6.08. The summed E-state index contributed by atoms with van der Waals surface area (Å²) in [4.78, 5) is 0. The number of ether oxygens (including phenoxy) is 4. The fourth-order valence-electron chi connectivity index (χ4n) is 4.09. The Balaban J connectivity index is 0.00000204. The van der Waals surface area contributed by atoms with Gasteiger partial charge in [-0.25, -0.2) is 0 Å². The molecule has 2 aromatic carbocycles. The summed E-state index contributed by atoms with van der Waals surface area (Å²) in [5.74, 6) is 3.36. The standard InChI is InChI=1S/C26H36N2O4.2ClH/c1-19(25-17-29-21-11-5-7-13-23(21)31-25)27-15-9-3-4-10-16-28-20(2)26-18-30-22-12-6-8-14-24(22)32-26;;/h5-8,11-14,19-20,25-28H,3-4,9-10,15-18H2,1-2H3;2*1H. The quantitative estimate of drug-likeness (QED) is 0.412. The highest BCUT2D eigenvalue weighted by Crippen LogP contribution is 2.32. The Hall–Kier alpha value is -1.86. The highest BCUT2D eigenvalue weighted by Gasteiger charge is 2.26. The van der Waals surface area contributed by atoms with E-state index in [0.717, 1.165) is 36.1 Å². The van der Waals surface area contributed by atoms with Crippen molar-refractivity contribution in [1.29, 1.82) is 0 Å². The van der Waals surface area contributed by atoms with Crippen LogP contribution >= 0.6 is 24.8 Å². The molecule has 6 nitrogen and oxygen atoms in total. The molecule has 0 spiro atoms. The van der Waals surface area contributed by atoms with E-state index >= 15 is 0 Å². The highest BCUT2D eigenvalue weighted by molar-refractivity contribution is 5.85. The molecule has 2 aliphatic rings. The van der Waals surface area contributed by atoms with Crippen LogP contribution in [0.25, 0.3) is 0 Å². The van der Waals surface area contributed by atoms with Gasteiger partial charge in [0.25, 0.3) is 0 Å². The van der Waals surface area contributed by atoms with Crippen LogP contribution in [0.3, 0.4) is 0 Å². The van der Waals surface area contributed by atoms with E-state index in [-0.39, 0.29) is 49.1 Å². The minimum Gasteiger partial charge on any atom is -0.486 e. The molecular weight excluding hydrogens is 475 g/mol. The van der Waals surface area contributed by atoms with Crippen LogP contribution in [0.1, 0.15) is 39.5 Å². The highest BCUT2D eigenvalue weighted by atomic mass is 35.5. The van der Waals surface area contributed by atoms with Crippen LogP contribution in [0.5, 0.6) is 23.0 Å². The first-order chi connectivity index (χ1) is 15.7. The van der Waals surface area contributed by atoms with Gasteiger partial charge < -0.3 is 29.6 Å². The lowest BCUT2D eigenvalue weighted by atomic mass is 10.1. The van der Waals surface area contributed by atoms with Gasteiger partial charge in [-0.05, 0) is 64.0 Å². The third-order valence-electron chi connectivity index (χ3n) is 6.21. The second kappa shape index (κ2) is 14.5. The number of nitrogens with one attached hydrogen (secondary N) is 2. The van der Waals surface area contributed by atoms with Gasteiger partial charge in [-0.3, -0.25) is 0 Å². The van der Waals surface area contributed by atoms with Crippen molar-refractivity contribution in [3.05, 3.63) is 48.5 Å². The van der Waals surface area contributed by atoms with Crippen molar-refractivity contribution >= 4 is 24.8 Å². The molecule has 0 saturated carbocycles. The lowest BCUT2D eigenvalue weighted by Gasteiger charge is -2.31. The summed E-state index contributed by atoms with van der Waals surface area (Å²) in [6.07, 6.45) is 4.87. The molecule has 0 fully saturated rings. The fraction of sp³-hybridized carbons (Fsp3) is 0.538. The molecule has 2 aromatic rings. The molecule has 4 rings (SSSR count). The first-order valence-electron chi connectivity index (χ1n) is 11.9. The molecule has 2 heterocycles. The van der Waals surface area contributed by atoms with Crippen molar-refractivity contribution in [2.24, 2.45) is 0 Å². The Kier molecular flexibility index (Phi) is 12.1. The predicted octanol–water partition coefficient (Wildman–Crippen LogP) is 5.03. The first-order valence-corrected chi connectivity index (χ1v) is 11.9. The summed E-state index contributed by atoms with van der Waals surface area (Å²) in [7, 11) is 0. The molecule has 0 bridgehead atoms. The van der Waals surface area contributed by atoms with Crippen molar-refractivity contribution in [2.75, 3.05) is 26.3 Å². The van der Waals surface area contributed by atoms with Gasteiger partial charge in [0.1, 0.15) is 25.4 Å². The van der Waals surface area contributed by atoms with E-state index in [4.69, 9.17) is 18.9 Å². The third-order valence-corrected chi connectivity index (χ3v) is 6.21. The third kappa shape index (κ3) is 7.84. The van der Waals surface area contributed by atoms with Gasteiger partial charge in [0.2, 0.25) is 0 Å². The first kappa shape index (κ1) is 28.4. The van der Waals surface area contributed by atoms with Crippen LogP contribution in [-0.4, -0.2) is 50.6 Å². The lowest BCUT2D eigenvalue weighted by molar-refractivity contribution is 0.0664. The topological polar surface area (TPSA) is 61.0 Å². The zero-order chi connectivity index (χ0) is 22.2. The average Bonchev–Trinajstić information content (AvgIpc) is 2.84. The van der Waals surface area contributed by atoms with E-state index in [9.17, 15) is 0 Å².